The van der Waals surface area contributed by atoms with E-state index in [1.54, 1.807) is 0 Å². The number of hydrogen-bond donors (Lipinski definition) is 2. The van der Waals surface area contributed by atoms with Gasteiger partial charge in [0.1, 0.15) is 0 Å². The van der Waals surface area contributed by atoms with Crippen LogP contribution in [0, 0.1) is 23.2 Å². The SMILES string of the molecule is CCC1(C)CC2(OCC(C)(C)CO2)C(C)C(C)(CC)N1.OC1CCCC2CC12. The van der Waals surface area contributed by atoms with Gasteiger partial charge < -0.3 is 19.9 Å². The molecular weight excluding hydrogens is 350 g/mol. The zero-order valence-electron chi connectivity index (χ0n) is 19.4. The first-order valence-electron chi connectivity index (χ1n) is 11.7. The van der Waals surface area contributed by atoms with Crippen LogP contribution >= 0.6 is 0 Å². The Labute approximate surface area is 173 Å². The molecule has 2 aliphatic heterocycles. The molecule has 0 bridgehead atoms. The lowest BCUT2D eigenvalue weighted by molar-refractivity contribution is -0.348. The minimum atomic E-state index is -0.420. The molecule has 4 rings (SSSR count). The van der Waals surface area contributed by atoms with Crippen LogP contribution in [0.1, 0.15) is 93.4 Å². The maximum Gasteiger partial charge on any atom is 0.174 e. The van der Waals surface area contributed by atoms with Gasteiger partial charge in [-0.25, -0.2) is 0 Å². The van der Waals surface area contributed by atoms with Gasteiger partial charge in [0, 0.05) is 28.8 Å². The summed E-state index contributed by atoms with van der Waals surface area (Å²) < 4.78 is 12.7. The van der Waals surface area contributed by atoms with Crippen LogP contribution in [0.5, 0.6) is 0 Å². The summed E-state index contributed by atoms with van der Waals surface area (Å²) in [5.74, 6) is 1.58. The van der Waals surface area contributed by atoms with Crippen molar-refractivity contribution in [1.82, 2.24) is 5.32 Å². The Morgan fingerprint density at radius 2 is 1.64 bits per heavy atom. The normalized spacial score (nSPS) is 46.3. The summed E-state index contributed by atoms with van der Waals surface area (Å²) in [6.07, 6.45) is 8.23. The Morgan fingerprint density at radius 3 is 2.14 bits per heavy atom. The highest BCUT2D eigenvalue weighted by atomic mass is 16.7. The monoisotopic (exact) mass is 395 g/mol. The fraction of sp³-hybridized carbons (Fsp3) is 1.00. The maximum absolute atomic E-state index is 9.22. The molecule has 28 heavy (non-hydrogen) atoms. The minimum absolute atomic E-state index is 0.0600. The zero-order chi connectivity index (χ0) is 20.8. The van der Waals surface area contributed by atoms with Crippen molar-refractivity contribution >= 4 is 0 Å². The standard InChI is InChI=1S/C17H33NO2.C7H12O/c1-8-15(6)10-17(13(3)16(7,9-2)18-15)19-11-14(4,5)12-20-17;8-7-3-1-2-5-4-6(5)7/h13,18H,8-12H2,1-7H3;5-8H,1-4H2. The predicted octanol–water partition coefficient (Wildman–Crippen LogP) is 4.89. The van der Waals surface area contributed by atoms with E-state index in [9.17, 15) is 5.11 Å². The van der Waals surface area contributed by atoms with Gasteiger partial charge in [0.25, 0.3) is 0 Å². The lowest BCUT2D eigenvalue weighted by atomic mass is 9.67. The van der Waals surface area contributed by atoms with Crippen molar-refractivity contribution in [3.63, 3.8) is 0 Å². The molecule has 6 unspecified atom stereocenters. The van der Waals surface area contributed by atoms with Crippen LogP contribution < -0.4 is 5.32 Å². The molecule has 164 valence electrons. The smallest absolute Gasteiger partial charge is 0.174 e. The van der Waals surface area contributed by atoms with E-state index in [2.05, 4.69) is 53.8 Å². The van der Waals surface area contributed by atoms with E-state index in [1.165, 1.54) is 19.3 Å². The number of hydrogen-bond acceptors (Lipinski definition) is 4. The largest absolute Gasteiger partial charge is 0.393 e. The molecule has 2 saturated heterocycles. The number of fused-ring (bicyclic) bond motifs is 1. The predicted molar refractivity (Wildman–Crippen MR) is 114 cm³/mol. The first-order valence-corrected chi connectivity index (χ1v) is 11.7. The molecular formula is C24H45NO3. The topological polar surface area (TPSA) is 50.7 Å². The molecule has 0 aromatic rings. The Balaban J connectivity index is 0.000000231. The summed E-state index contributed by atoms with van der Waals surface area (Å²) >= 11 is 0. The van der Waals surface area contributed by atoms with Gasteiger partial charge in [-0.1, -0.05) is 41.0 Å². The van der Waals surface area contributed by atoms with Crippen molar-refractivity contribution in [2.45, 2.75) is 116 Å². The molecule has 0 aromatic heterocycles. The van der Waals surface area contributed by atoms with Crippen molar-refractivity contribution in [3.05, 3.63) is 0 Å². The lowest BCUT2D eigenvalue weighted by Gasteiger charge is -2.60. The molecule has 1 spiro atoms. The highest BCUT2D eigenvalue weighted by Gasteiger charge is 2.58. The third kappa shape index (κ3) is 4.45. The van der Waals surface area contributed by atoms with Gasteiger partial charge in [-0.3, -0.25) is 0 Å². The Morgan fingerprint density at radius 1 is 1.00 bits per heavy atom. The van der Waals surface area contributed by atoms with Gasteiger partial charge >= 0.3 is 0 Å². The van der Waals surface area contributed by atoms with Gasteiger partial charge in [-0.05, 0) is 57.8 Å². The zero-order valence-corrected chi connectivity index (χ0v) is 19.4. The van der Waals surface area contributed by atoms with Crippen molar-refractivity contribution in [1.29, 1.82) is 0 Å². The molecule has 2 aliphatic carbocycles. The van der Waals surface area contributed by atoms with E-state index in [4.69, 9.17) is 9.47 Å². The Bertz CT molecular complexity index is 540. The van der Waals surface area contributed by atoms with Gasteiger partial charge in [0.05, 0.1) is 19.3 Å². The first-order chi connectivity index (χ1) is 13.0. The quantitative estimate of drug-likeness (QED) is 0.699. The molecule has 4 nitrogen and oxygen atoms in total. The average Bonchev–Trinajstić information content (AvgIpc) is 3.44. The van der Waals surface area contributed by atoms with Gasteiger partial charge in [0.15, 0.2) is 5.79 Å². The van der Waals surface area contributed by atoms with Crippen LogP contribution in [0.2, 0.25) is 0 Å². The fourth-order valence-corrected chi connectivity index (χ4v) is 5.58. The van der Waals surface area contributed by atoms with Crippen LogP contribution in [-0.2, 0) is 9.47 Å². The maximum atomic E-state index is 9.22. The van der Waals surface area contributed by atoms with E-state index in [0.29, 0.717) is 5.92 Å². The summed E-state index contributed by atoms with van der Waals surface area (Å²) in [7, 11) is 0. The number of piperidine rings is 1. The number of rotatable bonds is 2. The van der Waals surface area contributed by atoms with E-state index < -0.39 is 5.79 Å². The van der Waals surface area contributed by atoms with Crippen LogP contribution in [-0.4, -0.2) is 41.3 Å². The number of aliphatic hydroxyl groups is 1. The molecule has 0 amide bonds. The van der Waals surface area contributed by atoms with Crippen molar-refractivity contribution in [3.8, 4) is 0 Å². The molecule has 6 atom stereocenters. The second kappa shape index (κ2) is 7.83. The van der Waals surface area contributed by atoms with Gasteiger partial charge in [0.2, 0.25) is 0 Å². The molecule has 4 aliphatic rings. The molecule has 0 radical (unpaired) electrons. The number of aliphatic hydroxyl groups excluding tert-OH is 1. The second-order valence-corrected chi connectivity index (χ2v) is 11.4. The Kier molecular flexibility index (Phi) is 6.30. The average molecular weight is 396 g/mol. The van der Waals surface area contributed by atoms with Gasteiger partial charge in [-0.15, -0.1) is 0 Å². The van der Waals surface area contributed by atoms with Crippen molar-refractivity contribution < 1.29 is 14.6 Å². The summed E-state index contributed by atoms with van der Waals surface area (Å²) in [6.45, 7) is 17.4. The van der Waals surface area contributed by atoms with Crippen LogP contribution in [0.15, 0.2) is 0 Å². The highest BCUT2D eigenvalue weighted by Crippen LogP contribution is 2.50. The number of ether oxygens (including phenoxy) is 2. The first kappa shape index (κ1) is 22.5. The van der Waals surface area contributed by atoms with Gasteiger partial charge in [-0.2, -0.15) is 0 Å². The summed E-state index contributed by atoms with van der Waals surface area (Å²) in [5, 5.41) is 13.1. The molecule has 4 heteroatoms. The van der Waals surface area contributed by atoms with E-state index in [0.717, 1.165) is 50.7 Å². The minimum Gasteiger partial charge on any atom is -0.393 e. The highest BCUT2D eigenvalue weighted by molar-refractivity contribution is 5.09. The molecule has 2 heterocycles. The van der Waals surface area contributed by atoms with Crippen molar-refractivity contribution in [2.24, 2.45) is 23.2 Å². The lowest BCUT2D eigenvalue weighted by Crippen LogP contribution is -2.72. The third-order valence-electron chi connectivity index (χ3n) is 8.31. The number of nitrogens with one attached hydrogen (secondary N) is 1. The second-order valence-electron chi connectivity index (χ2n) is 11.4. The summed E-state index contributed by atoms with van der Waals surface area (Å²) in [5.41, 5.74) is 0.268. The fourth-order valence-electron chi connectivity index (χ4n) is 5.58. The van der Waals surface area contributed by atoms with Crippen LogP contribution in [0.3, 0.4) is 0 Å². The van der Waals surface area contributed by atoms with Crippen LogP contribution in [0.25, 0.3) is 0 Å². The third-order valence-corrected chi connectivity index (χ3v) is 8.31. The molecule has 2 N–H and O–H groups in total. The molecule has 2 saturated carbocycles. The van der Waals surface area contributed by atoms with Crippen molar-refractivity contribution in [2.75, 3.05) is 13.2 Å². The van der Waals surface area contributed by atoms with E-state index in [-0.39, 0.29) is 22.6 Å². The summed E-state index contributed by atoms with van der Waals surface area (Å²) in [4.78, 5) is 0. The molecule has 0 aromatic carbocycles. The molecule has 4 fully saturated rings. The van der Waals surface area contributed by atoms with E-state index >= 15 is 0 Å². The van der Waals surface area contributed by atoms with Crippen LogP contribution in [0.4, 0.5) is 0 Å². The summed E-state index contributed by atoms with van der Waals surface area (Å²) in [6, 6.07) is 0. The Hall–Kier alpha value is -0.160. The van der Waals surface area contributed by atoms with E-state index in [1.807, 2.05) is 0 Å².